The average molecular weight is 485 g/mol. The molecular weight excluding hydrogens is 453 g/mol. The van der Waals surface area contributed by atoms with Crippen molar-refractivity contribution < 1.29 is 4.74 Å². The van der Waals surface area contributed by atoms with Gasteiger partial charge in [-0.3, -0.25) is 4.99 Å². The first-order valence-electron chi connectivity index (χ1n) is 9.24. The van der Waals surface area contributed by atoms with Crippen LogP contribution >= 0.6 is 24.0 Å². The van der Waals surface area contributed by atoms with Gasteiger partial charge in [0.1, 0.15) is 11.6 Å². The molecule has 0 amide bonds. The maximum Gasteiger partial charge on any atom is 0.193 e. The van der Waals surface area contributed by atoms with Crippen LogP contribution in [0.15, 0.2) is 41.7 Å². The second-order valence-corrected chi connectivity index (χ2v) is 6.31. The molecule has 0 aliphatic heterocycles. The van der Waals surface area contributed by atoms with Crippen molar-refractivity contribution in [1.82, 2.24) is 19.8 Å². The molecule has 0 saturated heterocycles. The van der Waals surface area contributed by atoms with Crippen molar-refractivity contribution in [2.45, 2.75) is 39.8 Å². The molecular formula is C20H32IN5O. The van der Waals surface area contributed by atoms with Crippen LogP contribution in [-0.4, -0.2) is 47.7 Å². The number of ether oxygens (including phenoxy) is 1. The van der Waals surface area contributed by atoms with E-state index in [4.69, 9.17) is 9.73 Å². The van der Waals surface area contributed by atoms with Gasteiger partial charge in [-0.1, -0.05) is 12.1 Å². The molecule has 27 heavy (non-hydrogen) atoms. The van der Waals surface area contributed by atoms with Crippen molar-refractivity contribution in [1.29, 1.82) is 0 Å². The number of rotatable bonds is 9. The van der Waals surface area contributed by atoms with E-state index in [1.165, 1.54) is 5.56 Å². The summed E-state index contributed by atoms with van der Waals surface area (Å²) in [6, 6.07) is 8.16. The molecule has 1 aromatic heterocycles. The van der Waals surface area contributed by atoms with Gasteiger partial charge in [-0.05, 0) is 44.4 Å². The van der Waals surface area contributed by atoms with Crippen molar-refractivity contribution in [2.24, 2.45) is 4.99 Å². The van der Waals surface area contributed by atoms with Gasteiger partial charge in [-0.15, -0.1) is 24.0 Å². The second-order valence-electron chi connectivity index (χ2n) is 6.31. The van der Waals surface area contributed by atoms with E-state index in [0.717, 1.165) is 56.6 Å². The number of hydrogen-bond acceptors (Lipinski definition) is 3. The fourth-order valence-electron chi connectivity index (χ4n) is 2.77. The Morgan fingerprint density at radius 1 is 1.26 bits per heavy atom. The van der Waals surface area contributed by atoms with Gasteiger partial charge in [0.05, 0.1) is 7.11 Å². The number of guanidine groups is 1. The minimum Gasteiger partial charge on any atom is -0.497 e. The first-order chi connectivity index (χ1) is 12.6. The zero-order chi connectivity index (χ0) is 18.8. The second kappa shape index (κ2) is 12.6. The molecule has 6 nitrogen and oxygen atoms in total. The molecule has 2 aromatic rings. The van der Waals surface area contributed by atoms with E-state index >= 15 is 0 Å². The Bertz CT molecular complexity index is 684. The van der Waals surface area contributed by atoms with Crippen LogP contribution in [0.4, 0.5) is 0 Å². The van der Waals surface area contributed by atoms with Crippen molar-refractivity contribution in [3.05, 3.63) is 48.0 Å². The minimum absolute atomic E-state index is 0. The van der Waals surface area contributed by atoms with E-state index in [1.54, 1.807) is 7.11 Å². The third kappa shape index (κ3) is 7.78. The maximum absolute atomic E-state index is 5.22. The maximum atomic E-state index is 5.22. The lowest BCUT2D eigenvalue weighted by molar-refractivity contribution is 0.414. The van der Waals surface area contributed by atoms with E-state index in [0.29, 0.717) is 0 Å². The molecule has 150 valence electrons. The molecule has 0 aliphatic rings. The minimum atomic E-state index is 0. The first-order valence-corrected chi connectivity index (χ1v) is 9.24. The normalized spacial score (nSPS) is 11.0. The fourth-order valence-corrected chi connectivity index (χ4v) is 2.77. The van der Waals surface area contributed by atoms with Gasteiger partial charge in [-0.2, -0.15) is 0 Å². The first kappa shape index (κ1) is 23.3. The van der Waals surface area contributed by atoms with Gasteiger partial charge >= 0.3 is 0 Å². The summed E-state index contributed by atoms with van der Waals surface area (Å²) in [4.78, 5) is 11.2. The highest BCUT2D eigenvalue weighted by molar-refractivity contribution is 14.0. The lowest BCUT2D eigenvalue weighted by Crippen LogP contribution is -2.38. The van der Waals surface area contributed by atoms with Crippen LogP contribution in [0.5, 0.6) is 5.75 Å². The number of nitrogens with one attached hydrogen (secondary N) is 1. The largest absolute Gasteiger partial charge is 0.497 e. The Hall–Kier alpha value is -1.77. The Kier molecular flexibility index (Phi) is 10.8. The molecule has 1 heterocycles. The Labute approximate surface area is 180 Å². The third-order valence-electron chi connectivity index (χ3n) is 4.27. The van der Waals surface area contributed by atoms with Gasteiger partial charge in [0.15, 0.2) is 5.96 Å². The summed E-state index contributed by atoms with van der Waals surface area (Å²) in [6.07, 6.45) is 6.04. The Balaban J connectivity index is 0.00000364. The standard InChI is InChI=1S/C20H31N5O.HI/c1-5-21-20(23-12-6-7-14-25-15-13-22-17(25)2)24(3)16-18-8-10-19(26-4)11-9-18;/h8-11,13,15H,5-7,12,14,16H2,1-4H3,(H,21,23);1H. The number of unbranched alkanes of at least 4 members (excludes halogenated alkanes) is 1. The average Bonchev–Trinajstić information content (AvgIpc) is 3.06. The molecule has 1 aromatic carbocycles. The smallest absolute Gasteiger partial charge is 0.193 e. The molecule has 0 radical (unpaired) electrons. The van der Waals surface area contributed by atoms with Crippen LogP contribution in [-0.2, 0) is 13.1 Å². The van der Waals surface area contributed by atoms with Gasteiger partial charge in [-0.25, -0.2) is 4.98 Å². The van der Waals surface area contributed by atoms with Gasteiger partial charge in [0, 0.05) is 45.6 Å². The summed E-state index contributed by atoms with van der Waals surface area (Å²) >= 11 is 0. The number of methoxy groups -OCH3 is 1. The summed E-state index contributed by atoms with van der Waals surface area (Å²) in [6.45, 7) is 7.63. The molecule has 0 atom stereocenters. The van der Waals surface area contributed by atoms with Crippen molar-refractivity contribution >= 4 is 29.9 Å². The number of aromatic nitrogens is 2. The third-order valence-corrected chi connectivity index (χ3v) is 4.27. The van der Waals surface area contributed by atoms with Crippen molar-refractivity contribution in [3.63, 3.8) is 0 Å². The van der Waals surface area contributed by atoms with E-state index < -0.39 is 0 Å². The molecule has 1 N–H and O–H groups in total. The molecule has 0 bridgehead atoms. The topological polar surface area (TPSA) is 54.7 Å². The van der Waals surface area contributed by atoms with Gasteiger partial charge < -0.3 is 19.5 Å². The predicted octanol–water partition coefficient (Wildman–Crippen LogP) is 3.70. The summed E-state index contributed by atoms with van der Waals surface area (Å²) < 4.78 is 7.40. The van der Waals surface area contributed by atoms with Crippen LogP contribution in [0.3, 0.4) is 0 Å². The number of aryl methyl sites for hydroxylation is 2. The molecule has 7 heteroatoms. The summed E-state index contributed by atoms with van der Waals surface area (Å²) in [7, 11) is 3.76. The SMILES string of the molecule is CCNC(=NCCCCn1ccnc1C)N(C)Cc1ccc(OC)cc1.I. The zero-order valence-corrected chi connectivity index (χ0v) is 19.1. The number of hydrogen-bond donors (Lipinski definition) is 1. The highest BCUT2D eigenvalue weighted by Gasteiger charge is 2.06. The predicted molar refractivity (Wildman–Crippen MR) is 122 cm³/mol. The van der Waals surface area contributed by atoms with Gasteiger partial charge in [0.25, 0.3) is 0 Å². The lowest BCUT2D eigenvalue weighted by Gasteiger charge is -2.22. The molecule has 2 rings (SSSR count). The summed E-state index contributed by atoms with van der Waals surface area (Å²) in [5.74, 6) is 2.90. The number of aliphatic imine (C=N–C) groups is 1. The summed E-state index contributed by atoms with van der Waals surface area (Å²) in [5.41, 5.74) is 1.23. The van der Waals surface area contributed by atoms with Crippen LogP contribution in [0.2, 0.25) is 0 Å². The van der Waals surface area contributed by atoms with Gasteiger partial charge in [0.2, 0.25) is 0 Å². The molecule has 0 aliphatic carbocycles. The van der Waals surface area contributed by atoms with E-state index in [2.05, 4.69) is 45.9 Å². The fraction of sp³-hybridized carbons (Fsp3) is 0.500. The molecule has 0 saturated carbocycles. The number of halogens is 1. The highest BCUT2D eigenvalue weighted by Crippen LogP contribution is 2.12. The van der Waals surface area contributed by atoms with E-state index in [1.807, 2.05) is 31.5 Å². The summed E-state index contributed by atoms with van der Waals surface area (Å²) in [5, 5.41) is 3.37. The number of benzene rings is 1. The monoisotopic (exact) mass is 485 g/mol. The zero-order valence-electron chi connectivity index (χ0n) is 16.8. The number of nitrogens with zero attached hydrogens (tertiary/aromatic N) is 4. The molecule has 0 fully saturated rings. The molecule has 0 spiro atoms. The van der Waals surface area contributed by atoms with Crippen molar-refractivity contribution in [2.75, 3.05) is 27.2 Å². The van der Waals surface area contributed by atoms with Crippen LogP contribution in [0.1, 0.15) is 31.2 Å². The molecule has 0 unspecified atom stereocenters. The van der Waals surface area contributed by atoms with Crippen LogP contribution < -0.4 is 10.1 Å². The van der Waals surface area contributed by atoms with Crippen LogP contribution in [0, 0.1) is 6.92 Å². The van der Waals surface area contributed by atoms with Crippen molar-refractivity contribution in [3.8, 4) is 5.75 Å². The Morgan fingerprint density at radius 2 is 2.00 bits per heavy atom. The highest BCUT2D eigenvalue weighted by atomic mass is 127. The van der Waals surface area contributed by atoms with E-state index in [9.17, 15) is 0 Å². The Morgan fingerprint density at radius 3 is 2.59 bits per heavy atom. The number of imidazole rings is 1. The van der Waals surface area contributed by atoms with E-state index in [-0.39, 0.29) is 24.0 Å². The van der Waals surface area contributed by atoms with Crippen LogP contribution in [0.25, 0.3) is 0 Å². The lowest BCUT2D eigenvalue weighted by atomic mass is 10.2. The quantitative estimate of drug-likeness (QED) is 0.255.